The average Bonchev–Trinajstić information content (AvgIpc) is 3.37. The number of aromatic amines is 1. The van der Waals surface area contributed by atoms with Crippen LogP contribution in [0.4, 0.5) is 0 Å². The van der Waals surface area contributed by atoms with E-state index in [0.29, 0.717) is 17.1 Å². The number of likely N-dealkylation sites (tertiary alicyclic amines) is 1. The maximum atomic E-state index is 12.6. The third kappa shape index (κ3) is 3.60. The minimum Gasteiger partial charge on any atom is -0.339 e. The lowest BCUT2D eigenvalue weighted by Crippen LogP contribution is -2.37. The molecule has 4 rings (SSSR count). The topological polar surface area (TPSA) is 71.7 Å². The van der Waals surface area contributed by atoms with Crippen molar-refractivity contribution in [2.24, 2.45) is 7.05 Å². The highest BCUT2D eigenvalue weighted by molar-refractivity contribution is 7.71. The van der Waals surface area contributed by atoms with Crippen LogP contribution in [0.2, 0.25) is 5.15 Å². The number of hydrogen-bond donors (Lipinski definition) is 1. The molecule has 9 heteroatoms. The van der Waals surface area contributed by atoms with Crippen molar-refractivity contribution >= 4 is 35.8 Å². The molecule has 0 aromatic carbocycles. The highest BCUT2D eigenvalue weighted by Crippen LogP contribution is 2.39. The Labute approximate surface area is 168 Å². The molecule has 1 N–H and O–H groups in total. The molecule has 0 bridgehead atoms. The number of carbonyl (C=O) groups excluding carboxylic acids is 1. The number of halogens is 1. The Morgan fingerprint density at radius 2 is 2.00 bits per heavy atom. The highest BCUT2D eigenvalue weighted by Gasteiger charge is 2.32. The summed E-state index contributed by atoms with van der Waals surface area (Å²) in [4.78, 5) is 14.4. The number of aromatic nitrogens is 5. The van der Waals surface area contributed by atoms with Gasteiger partial charge in [-0.15, -0.1) is 0 Å². The molecule has 0 radical (unpaired) electrons. The second kappa shape index (κ2) is 7.24. The van der Waals surface area contributed by atoms with Crippen LogP contribution in [0.15, 0.2) is 6.08 Å². The standard InChI is InChI=1S/C18H23ClN6OS/c1-11-14(16(19)23(2)22-11)5-6-15(26)24-9-7-12(8-10-24)17-20-21-18(27)25(17)13-3-4-13/h5-6,12-13H,3-4,7-10H2,1-2H3,(H,21,27). The molecule has 1 saturated carbocycles. The number of H-pyrrole nitrogens is 1. The zero-order valence-electron chi connectivity index (χ0n) is 15.5. The van der Waals surface area contributed by atoms with Crippen molar-refractivity contribution in [1.82, 2.24) is 29.4 Å². The van der Waals surface area contributed by atoms with Crippen LogP contribution < -0.4 is 0 Å². The number of aryl methyl sites for hydroxylation is 2. The van der Waals surface area contributed by atoms with E-state index in [-0.39, 0.29) is 5.91 Å². The number of hydrogen-bond acceptors (Lipinski definition) is 4. The Hall–Kier alpha value is -1.93. The molecule has 0 atom stereocenters. The molecule has 1 aliphatic carbocycles. The fourth-order valence-electron chi connectivity index (χ4n) is 3.74. The van der Waals surface area contributed by atoms with Crippen molar-refractivity contribution in [3.05, 3.63) is 33.1 Å². The molecule has 3 heterocycles. The predicted molar refractivity (Wildman–Crippen MR) is 106 cm³/mol. The fourth-order valence-corrected chi connectivity index (χ4v) is 4.27. The second-order valence-corrected chi connectivity index (χ2v) is 8.08. The number of amides is 1. The van der Waals surface area contributed by atoms with E-state index in [0.717, 1.165) is 47.8 Å². The highest BCUT2D eigenvalue weighted by atomic mass is 35.5. The van der Waals surface area contributed by atoms with E-state index >= 15 is 0 Å². The van der Waals surface area contributed by atoms with Gasteiger partial charge in [0.2, 0.25) is 5.91 Å². The van der Waals surface area contributed by atoms with Crippen LogP contribution in [-0.2, 0) is 11.8 Å². The maximum Gasteiger partial charge on any atom is 0.246 e. The summed E-state index contributed by atoms with van der Waals surface area (Å²) in [5.41, 5.74) is 1.61. The summed E-state index contributed by atoms with van der Waals surface area (Å²) < 4.78 is 4.52. The Balaban J connectivity index is 1.40. The van der Waals surface area contributed by atoms with Crippen LogP contribution in [-0.4, -0.2) is 48.4 Å². The van der Waals surface area contributed by atoms with Gasteiger partial charge < -0.3 is 9.47 Å². The van der Waals surface area contributed by atoms with Gasteiger partial charge in [-0.1, -0.05) is 11.6 Å². The first-order valence-corrected chi connectivity index (χ1v) is 10.1. The minimum absolute atomic E-state index is 0.00817. The van der Waals surface area contributed by atoms with Crippen molar-refractivity contribution < 1.29 is 4.79 Å². The van der Waals surface area contributed by atoms with Crippen molar-refractivity contribution in [3.63, 3.8) is 0 Å². The second-order valence-electron chi connectivity index (χ2n) is 7.33. The van der Waals surface area contributed by atoms with Gasteiger partial charge in [-0.05, 0) is 50.9 Å². The Kier molecular flexibility index (Phi) is 4.94. The molecule has 1 saturated heterocycles. The molecule has 1 amide bonds. The first-order chi connectivity index (χ1) is 13.0. The van der Waals surface area contributed by atoms with Gasteiger partial charge in [-0.2, -0.15) is 10.2 Å². The van der Waals surface area contributed by atoms with E-state index in [1.54, 1.807) is 23.9 Å². The SMILES string of the molecule is Cc1nn(C)c(Cl)c1C=CC(=O)N1CCC(c2n[nH]c(=S)n2C2CC2)CC1. The monoisotopic (exact) mass is 406 g/mol. The molecule has 7 nitrogen and oxygen atoms in total. The maximum absolute atomic E-state index is 12.6. The van der Waals surface area contributed by atoms with Gasteiger partial charge in [-0.3, -0.25) is 14.6 Å². The Morgan fingerprint density at radius 3 is 2.59 bits per heavy atom. The van der Waals surface area contributed by atoms with E-state index in [9.17, 15) is 4.79 Å². The number of piperidine rings is 1. The average molecular weight is 407 g/mol. The van der Waals surface area contributed by atoms with E-state index < -0.39 is 0 Å². The molecular weight excluding hydrogens is 384 g/mol. The van der Waals surface area contributed by atoms with Crippen molar-refractivity contribution in [1.29, 1.82) is 0 Å². The summed E-state index contributed by atoms with van der Waals surface area (Å²) in [5.74, 6) is 1.42. The summed E-state index contributed by atoms with van der Waals surface area (Å²) in [7, 11) is 1.79. The van der Waals surface area contributed by atoms with E-state index in [4.69, 9.17) is 23.8 Å². The first kappa shape index (κ1) is 18.4. The Morgan fingerprint density at radius 1 is 1.30 bits per heavy atom. The van der Waals surface area contributed by atoms with Gasteiger partial charge >= 0.3 is 0 Å². The zero-order chi connectivity index (χ0) is 19.1. The van der Waals surface area contributed by atoms with Gasteiger partial charge in [0.25, 0.3) is 0 Å². The zero-order valence-corrected chi connectivity index (χ0v) is 17.1. The lowest BCUT2D eigenvalue weighted by Gasteiger charge is -2.31. The number of rotatable bonds is 4. The van der Waals surface area contributed by atoms with Crippen LogP contribution in [0.3, 0.4) is 0 Å². The number of nitrogens with zero attached hydrogens (tertiary/aromatic N) is 5. The Bertz CT molecular complexity index is 946. The van der Waals surface area contributed by atoms with Crippen LogP contribution in [0.5, 0.6) is 0 Å². The van der Waals surface area contributed by atoms with Gasteiger partial charge in [0, 0.05) is 43.7 Å². The molecule has 2 fully saturated rings. The molecule has 0 unspecified atom stereocenters. The lowest BCUT2D eigenvalue weighted by molar-refractivity contribution is -0.127. The molecular formula is C18H23ClN6OS. The largest absolute Gasteiger partial charge is 0.339 e. The minimum atomic E-state index is 0.00817. The molecule has 2 aliphatic rings. The van der Waals surface area contributed by atoms with Gasteiger partial charge in [-0.25, -0.2) is 0 Å². The lowest BCUT2D eigenvalue weighted by atomic mass is 9.95. The number of nitrogens with one attached hydrogen (secondary N) is 1. The van der Waals surface area contributed by atoms with Gasteiger partial charge in [0.05, 0.1) is 5.69 Å². The normalized spacial score (nSPS) is 18.6. The third-order valence-electron chi connectivity index (χ3n) is 5.40. The molecule has 2 aromatic rings. The fraction of sp³-hybridized carbons (Fsp3) is 0.556. The predicted octanol–water partition coefficient (Wildman–Crippen LogP) is 3.39. The van der Waals surface area contributed by atoms with Gasteiger partial charge in [0.15, 0.2) is 4.77 Å². The van der Waals surface area contributed by atoms with Crippen LogP contribution >= 0.6 is 23.8 Å². The number of carbonyl (C=O) groups is 1. The molecule has 0 spiro atoms. The van der Waals surface area contributed by atoms with Crippen molar-refractivity contribution in [2.75, 3.05) is 13.1 Å². The van der Waals surface area contributed by atoms with E-state index in [1.165, 1.54) is 12.8 Å². The molecule has 1 aliphatic heterocycles. The third-order valence-corrected chi connectivity index (χ3v) is 6.14. The van der Waals surface area contributed by atoms with Crippen LogP contribution in [0, 0.1) is 11.7 Å². The van der Waals surface area contributed by atoms with Crippen LogP contribution in [0.25, 0.3) is 6.08 Å². The molecule has 27 heavy (non-hydrogen) atoms. The summed E-state index contributed by atoms with van der Waals surface area (Å²) in [5, 5.41) is 12.2. The van der Waals surface area contributed by atoms with E-state index in [2.05, 4.69) is 19.9 Å². The summed E-state index contributed by atoms with van der Waals surface area (Å²) in [6.07, 6.45) is 7.52. The molecule has 2 aromatic heterocycles. The summed E-state index contributed by atoms with van der Waals surface area (Å²) >= 11 is 11.6. The van der Waals surface area contributed by atoms with Crippen molar-refractivity contribution in [3.8, 4) is 0 Å². The summed E-state index contributed by atoms with van der Waals surface area (Å²) in [6, 6.07) is 0.515. The van der Waals surface area contributed by atoms with E-state index in [1.807, 2.05) is 11.8 Å². The van der Waals surface area contributed by atoms with Gasteiger partial charge in [0.1, 0.15) is 11.0 Å². The smallest absolute Gasteiger partial charge is 0.246 e. The first-order valence-electron chi connectivity index (χ1n) is 9.28. The van der Waals surface area contributed by atoms with Crippen LogP contribution in [0.1, 0.15) is 54.7 Å². The molecule has 144 valence electrons. The summed E-state index contributed by atoms with van der Waals surface area (Å²) in [6.45, 7) is 3.32. The van der Waals surface area contributed by atoms with Crippen molar-refractivity contribution in [2.45, 2.75) is 44.6 Å². The quantitative estimate of drug-likeness (QED) is 0.624.